The van der Waals surface area contributed by atoms with E-state index < -0.39 is 0 Å². The van der Waals surface area contributed by atoms with Gasteiger partial charge in [0.2, 0.25) is 5.91 Å². The smallest absolute Gasteiger partial charge is 0.233 e. The molecule has 2 aromatic heterocycles. The molecule has 25 heavy (non-hydrogen) atoms. The molecule has 1 amide bonds. The van der Waals surface area contributed by atoms with E-state index in [-0.39, 0.29) is 5.91 Å². The minimum Gasteiger partial charge on any atom is -0.339 e. The van der Waals surface area contributed by atoms with E-state index in [0.717, 1.165) is 37.6 Å². The highest BCUT2D eigenvalue weighted by molar-refractivity contribution is 7.99. The molecule has 0 bridgehead atoms. The highest BCUT2D eigenvalue weighted by Gasteiger charge is 2.22. The van der Waals surface area contributed by atoms with Crippen LogP contribution in [-0.2, 0) is 4.79 Å². The number of carbonyl (C=O) groups excluding carboxylic acids is 1. The number of rotatable bonds is 5. The predicted octanol–water partition coefficient (Wildman–Crippen LogP) is 2.18. The lowest BCUT2D eigenvalue weighted by Crippen LogP contribution is -2.51. The third-order valence-corrected chi connectivity index (χ3v) is 5.13. The minimum atomic E-state index is 0.153. The first-order valence-electron chi connectivity index (χ1n) is 8.52. The van der Waals surface area contributed by atoms with Gasteiger partial charge in [-0.1, -0.05) is 17.8 Å². The van der Waals surface area contributed by atoms with Gasteiger partial charge in [0, 0.05) is 44.6 Å². The average molecular weight is 357 g/mol. The number of hydrogen-bond acceptors (Lipinski definition) is 6. The Balaban J connectivity index is 1.54. The van der Waals surface area contributed by atoms with E-state index in [0.29, 0.717) is 17.0 Å². The van der Waals surface area contributed by atoms with Crippen LogP contribution in [0.4, 0.5) is 0 Å². The Bertz CT molecular complexity index is 702. The fourth-order valence-electron chi connectivity index (χ4n) is 2.77. The van der Waals surface area contributed by atoms with Crippen molar-refractivity contribution in [3.8, 4) is 11.4 Å². The first-order chi connectivity index (χ1) is 12.1. The average Bonchev–Trinajstić information content (AvgIpc) is 2.67. The Hall–Kier alpha value is -1.99. The maximum Gasteiger partial charge on any atom is 0.233 e. The fraction of sp³-hybridized carbons (Fsp3) is 0.444. The summed E-state index contributed by atoms with van der Waals surface area (Å²) in [6.45, 7) is 7.87. The van der Waals surface area contributed by atoms with Gasteiger partial charge in [0.1, 0.15) is 0 Å². The number of pyridine rings is 1. The number of amides is 1. The second-order valence-electron chi connectivity index (χ2n) is 6.24. The highest BCUT2D eigenvalue weighted by atomic mass is 32.2. The molecule has 132 valence electrons. The van der Waals surface area contributed by atoms with Crippen molar-refractivity contribution < 1.29 is 4.79 Å². The van der Waals surface area contributed by atoms with Gasteiger partial charge in [-0.2, -0.15) is 0 Å². The van der Waals surface area contributed by atoms with Gasteiger partial charge in [-0.15, -0.1) is 0 Å². The van der Waals surface area contributed by atoms with Crippen molar-refractivity contribution in [3.63, 3.8) is 0 Å². The van der Waals surface area contributed by atoms with E-state index in [1.165, 1.54) is 11.8 Å². The summed E-state index contributed by atoms with van der Waals surface area (Å²) >= 11 is 1.38. The maximum absolute atomic E-state index is 12.4. The van der Waals surface area contributed by atoms with E-state index in [2.05, 4.69) is 33.7 Å². The molecule has 7 heteroatoms. The molecular weight excluding hydrogens is 334 g/mol. The first-order valence-corrected chi connectivity index (χ1v) is 9.51. The van der Waals surface area contributed by atoms with E-state index in [9.17, 15) is 4.79 Å². The second-order valence-corrected chi connectivity index (χ2v) is 7.18. The zero-order chi connectivity index (χ0) is 17.6. The summed E-state index contributed by atoms with van der Waals surface area (Å²) in [4.78, 5) is 29.8. The Morgan fingerprint density at radius 1 is 1.08 bits per heavy atom. The van der Waals surface area contributed by atoms with Crippen LogP contribution >= 0.6 is 11.8 Å². The Morgan fingerprint density at radius 3 is 2.56 bits per heavy atom. The Labute approximate surface area is 152 Å². The third-order valence-electron chi connectivity index (χ3n) is 4.28. The number of nitrogens with zero attached hydrogens (tertiary/aromatic N) is 5. The molecule has 2 aromatic rings. The molecule has 0 N–H and O–H groups in total. The number of hydrogen-bond donors (Lipinski definition) is 0. The largest absolute Gasteiger partial charge is 0.339 e. The van der Waals surface area contributed by atoms with Gasteiger partial charge < -0.3 is 4.90 Å². The molecule has 1 fully saturated rings. The van der Waals surface area contributed by atoms with Gasteiger partial charge in [-0.3, -0.25) is 14.7 Å². The number of piperazine rings is 1. The standard InChI is InChI=1S/C18H23N5OS/c1-14(2)22-9-11-23(12-10-22)17(24)13-25-18-20-8-6-16(21-18)15-5-3-4-7-19-15/h3-8,14H,9-13H2,1-2H3. The van der Waals surface area contributed by atoms with Crippen LogP contribution in [0.3, 0.4) is 0 Å². The van der Waals surface area contributed by atoms with Crippen molar-refractivity contribution in [3.05, 3.63) is 36.7 Å². The molecule has 0 aromatic carbocycles. The quantitative estimate of drug-likeness (QED) is 0.604. The van der Waals surface area contributed by atoms with Crippen LogP contribution in [-0.4, -0.2) is 68.6 Å². The molecule has 0 saturated carbocycles. The van der Waals surface area contributed by atoms with Crippen molar-refractivity contribution in [1.82, 2.24) is 24.8 Å². The predicted molar refractivity (Wildman–Crippen MR) is 99.3 cm³/mol. The zero-order valence-corrected chi connectivity index (χ0v) is 15.4. The van der Waals surface area contributed by atoms with Gasteiger partial charge in [-0.05, 0) is 32.0 Å². The third kappa shape index (κ3) is 4.76. The molecule has 0 spiro atoms. The van der Waals surface area contributed by atoms with Gasteiger partial charge in [0.05, 0.1) is 17.1 Å². The Morgan fingerprint density at radius 2 is 1.88 bits per heavy atom. The van der Waals surface area contributed by atoms with Crippen molar-refractivity contribution in [1.29, 1.82) is 0 Å². The zero-order valence-electron chi connectivity index (χ0n) is 14.6. The van der Waals surface area contributed by atoms with Crippen LogP contribution in [0.2, 0.25) is 0 Å². The van der Waals surface area contributed by atoms with Crippen LogP contribution in [0, 0.1) is 0 Å². The molecule has 0 radical (unpaired) electrons. The minimum absolute atomic E-state index is 0.153. The summed E-state index contributed by atoms with van der Waals surface area (Å²) in [6.07, 6.45) is 3.45. The van der Waals surface area contributed by atoms with Crippen LogP contribution in [0.25, 0.3) is 11.4 Å². The molecule has 1 aliphatic heterocycles. The van der Waals surface area contributed by atoms with Gasteiger partial charge in [-0.25, -0.2) is 9.97 Å². The summed E-state index contributed by atoms with van der Waals surface area (Å²) in [5.74, 6) is 0.521. The molecule has 1 saturated heterocycles. The van der Waals surface area contributed by atoms with Crippen molar-refractivity contribution in [2.24, 2.45) is 0 Å². The molecular formula is C18H23N5OS. The summed E-state index contributed by atoms with van der Waals surface area (Å²) < 4.78 is 0. The van der Waals surface area contributed by atoms with Gasteiger partial charge in [0.15, 0.2) is 5.16 Å². The Kier molecular flexibility index (Phi) is 5.99. The van der Waals surface area contributed by atoms with E-state index in [1.807, 2.05) is 29.2 Å². The molecule has 1 aliphatic rings. The lowest BCUT2D eigenvalue weighted by molar-refractivity contribution is -0.130. The lowest BCUT2D eigenvalue weighted by Gasteiger charge is -2.36. The van der Waals surface area contributed by atoms with E-state index in [1.54, 1.807) is 12.4 Å². The van der Waals surface area contributed by atoms with Crippen molar-refractivity contribution in [2.45, 2.75) is 25.0 Å². The van der Waals surface area contributed by atoms with Crippen LogP contribution < -0.4 is 0 Å². The van der Waals surface area contributed by atoms with E-state index >= 15 is 0 Å². The van der Waals surface area contributed by atoms with Crippen LogP contribution in [0.15, 0.2) is 41.8 Å². The van der Waals surface area contributed by atoms with Crippen LogP contribution in [0.1, 0.15) is 13.8 Å². The number of thioether (sulfide) groups is 1. The maximum atomic E-state index is 12.4. The SMILES string of the molecule is CC(C)N1CCN(C(=O)CSc2nccc(-c3ccccn3)n2)CC1. The normalized spacial score (nSPS) is 15.6. The molecule has 0 unspecified atom stereocenters. The number of carbonyl (C=O) groups is 1. The van der Waals surface area contributed by atoms with Crippen molar-refractivity contribution >= 4 is 17.7 Å². The second kappa shape index (κ2) is 8.40. The topological polar surface area (TPSA) is 62.2 Å². The van der Waals surface area contributed by atoms with E-state index in [4.69, 9.17) is 0 Å². The molecule has 0 atom stereocenters. The lowest BCUT2D eigenvalue weighted by atomic mass is 10.2. The van der Waals surface area contributed by atoms with Crippen LogP contribution in [0.5, 0.6) is 0 Å². The summed E-state index contributed by atoms with van der Waals surface area (Å²) in [6, 6.07) is 8.08. The highest BCUT2D eigenvalue weighted by Crippen LogP contribution is 2.19. The molecule has 3 rings (SSSR count). The van der Waals surface area contributed by atoms with Gasteiger partial charge >= 0.3 is 0 Å². The summed E-state index contributed by atoms with van der Waals surface area (Å²) in [7, 11) is 0. The fourth-order valence-corrected chi connectivity index (χ4v) is 3.51. The molecule has 3 heterocycles. The molecule has 6 nitrogen and oxygen atoms in total. The van der Waals surface area contributed by atoms with Gasteiger partial charge in [0.25, 0.3) is 0 Å². The van der Waals surface area contributed by atoms with Crippen molar-refractivity contribution in [2.75, 3.05) is 31.9 Å². The summed E-state index contributed by atoms with van der Waals surface area (Å²) in [5, 5.41) is 0.609. The monoisotopic (exact) mass is 357 g/mol. The first kappa shape index (κ1) is 17.8. The molecule has 0 aliphatic carbocycles. The number of aromatic nitrogens is 3. The summed E-state index contributed by atoms with van der Waals surface area (Å²) in [5.41, 5.74) is 1.58.